The molecule has 1 rings (SSSR count). The van der Waals surface area contributed by atoms with Crippen LogP contribution in [0.15, 0.2) is 0 Å². The minimum Gasteiger partial charge on any atom is -0.442 e. The summed E-state index contributed by atoms with van der Waals surface area (Å²) in [7, 11) is 0. The van der Waals surface area contributed by atoms with Gasteiger partial charge in [0.25, 0.3) is 0 Å². The predicted molar refractivity (Wildman–Crippen MR) is 63.6 cm³/mol. The molecule has 18 heavy (non-hydrogen) atoms. The number of nitrogens with one attached hydrogen (secondary N) is 1. The molecule has 6 heteroatoms. The Labute approximate surface area is 107 Å². The van der Waals surface area contributed by atoms with Gasteiger partial charge in [0.2, 0.25) is 0 Å². The molecule has 1 aliphatic rings. The van der Waals surface area contributed by atoms with Gasteiger partial charge in [0.05, 0.1) is 12.0 Å². The molecular formula is C12H21NO5. The van der Waals surface area contributed by atoms with Crippen molar-refractivity contribution in [1.29, 1.82) is 0 Å². The fraction of sp³-hybridized carbons (Fsp3) is 0.833. The van der Waals surface area contributed by atoms with E-state index in [4.69, 9.17) is 14.3 Å². The second-order valence-corrected chi connectivity index (χ2v) is 5.43. The van der Waals surface area contributed by atoms with E-state index in [1.165, 1.54) is 0 Å². The molecule has 104 valence electrons. The number of hydrogen-bond acceptors (Lipinski definition) is 5. The Balaban J connectivity index is 2.30. The lowest BCUT2D eigenvalue weighted by atomic mass is 9.97. The Morgan fingerprint density at radius 3 is 2.56 bits per heavy atom. The maximum atomic E-state index is 11.7. The maximum absolute atomic E-state index is 11.7. The molecule has 1 aliphatic heterocycles. The Morgan fingerprint density at radius 2 is 2.00 bits per heavy atom. The third kappa shape index (κ3) is 5.35. The van der Waals surface area contributed by atoms with Gasteiger partial charge in [-0.3, -0.25) is 0 Å². The van der Waals surface area contributed by atoms with E-state index in [0.717, 1.165) is 0 Å². The van der Waals surface area contributed by atoms with Crippen molar-refractivity contribution < 1.29 is 23.9 Å². The average molecular weight is 259 g/mol. The molecule has 1 saturated heterocycles. The van der Waals surface area contributed by atoms with Crippen molar-refractivity contribution in [3.05, 3.63) is 0 Å². The molecule has 6 nitrogen and oxygen atoms in total. The van der Waals surface area contributed by atoms with Crippen molar-refractivity contribution in [2.75, 3.05) is 6.61 Å². The van der Waals surface area contributed by atoms with E-state index in [1.54, 1.807) is 20.8 Å². The second kappa shape index (κ2) is 6.04. The smallest absolute Gasteiger partial charge is 0.441 e. The van der Waals surface area contributed by atoms with Gasteiger partial charge < -0.3 is 14.3 Å². The van der Waals surface area contributed by atoms with Crippen LogP contribution in [0, 0.1) is 5.92 Å². The first-order valence-electron chi connectivity index (χ1n) is 6.09. The molecule has 2 atom stereocenters. The number of carbonyl (C=O) groups is 2. The number of hydrogen-bond donors (Lipinski definition) is 1. The van der Waals surface area contributed by atoms with Gasteiger partial charge in [0.15, 0.2) is 0 Å². The number of hydroxylamine groups is 1. The van der Waals surface area contributed by atoms with Gasteiger partial charge in [-0.25, -0.2) is 9.59 Å². The summed E-state index contributed by atoms with van der Waals surface area (Å²) >= 11 is 0. The Kier molecular flexibility index (Phi) is 4.95. The molecular weight excluding hydrogens is 238 g/mol. The van der Waals surface area contributed by atoms with Gasteiger partial charge >= 0.3 is 12.1 Å². The fourth-order valence-electron chi connectivity index (χ4n) is 1.69. The van der Waals surface area contributed by atoms with Gasteiger partial charge in [-0.1, -0.05) is 0 Å². The van der Waals surface area contributed by atoms with Crippen LogP contribution in [0.25, 0.3) is 0 Å². The van der Waals surface area contributed by atoms with E-state index in [-0.39, 0.29) is 12.0 Å². The highest BCUT2D eigenvalue weighted by atomic mass is 16.7. The molecule has 0 radical (unpaired) electrons. The lowest BCUT2D eigenvalue weighted by molar-refractivity contribution is -0.160. The van der Waals surface area contributed by atoms with Crippen molar-refractivity contribution in [1.82, 2.24) is 5.48 Å². The Bertz CT molecular complexity index is 310. The van der Waals surface area contributed by atoms with Crippen molar-refractivity contribution in [3.63, 3.8) is 0 Å². The van der Waals surface area contributed by atoms with E-state index in [0.29, 0.717) is 19.4 Å². The molecule has 0 bridgehead atoms. The largest absolute Gasteiger partial charge is 0.442 e. The topological polar surface area (TPSA) is 73.9 Å². The van der Waals surface area contributed by atoms with Crippen LogP contribution in [-0.4, -0.2) is 30.4 Å². The first-order chi connectivity index (χ1) is 8.28. The van der Waals surface area contributed by atoms with Gasteiger partial charge in [-0.2, -0.15) is 0 Å². The molecule has 1 heterocycles. The zero-order valence-electron chi connectivity index (χ0n) is 11.3. The lowest BCUT2D eigenvalue weighted by Crippen LogP contribution is -2.37. The lowest BCUT2D eigenvalue weighted by Gasteiger charge is -2.25. The Hall–Kier alpha value is -1.30. The third-order valence-electron chi connectivity index (χ3n) is 2.45. The first-order valence-corrected chi connectivity index (χ1v) is 6.09. The SMILES string of the molecule is CC1CC(C(=O)ONC(=O)OC(C)(C)C)CCO1. The van der Waals surface area contributed by atoms with Crippen LogP contribution in [0.1, 0.15) is 40.5 Å². The van der Waals surface area contributed by atoms with Crippen LogP contribution in [0.2, 0.25) is 0 Å². The van der Waals surface area contributed by atoms with Crippen LogP contribution in [0.3, 0.4) is 0 Å². The first kappa shape index (κ1) is 14.8. The number of ether oxygens (including phenoxy) is 2. The summed E-state index contributed by atoms with van der Waals surface area (Å²) in [6, 6.07) is 0. The molecule has 0 aliphatic carbocycles. The highest BCUT2D eigenvalue weighted by Gasteiger charge is 2.28. The second-order valence-electron chi connectivity index (χ2n) is 5.43. The van der Waals surface area contributed by atoms with E-state index in [1.807, 2.05) is 12.4 Å². The van der Waals surface area contributed by atoms with Crippen molar-refractivity contribution in [3.8, 4) is 0 Å². The van der Waals surface area contributed by atoms with Crippen molar-refractivity contribution in [2.45, 2.75) is 52.2 Å². The summed E-state index contributed by atoms with van der Waals surface area (Å²) in [6.45, 7) is 7.63. The van der Waals surface area contributed by atoms with E-state index in [9.17, 15) is 9.59 Å². The minimum absolute atomic E-state index is 0.0397. The average Bonchev–Trinajstić information content (AvgIpc) is 2.23. The fourth-order valence-corrected chi connectivity index (χ4v) is 1.69. The number of rotatable bonds is 1. The van der Waals surface area contributed by atoms with E-state index in [2.05, 4.69) is 0 Å². The zero-order chi connectivity index (χ0) is 13.8. The highest BCUT2D eigenvalue weighted by molar-refractivity contribution is 5.75. The van der Waals surface area contributed by atoms with Crippen LogP contribution in [0.5, 0.6) is 0 Å². The van der Waals surface area contributed by atoms with Gasteiger partial charge in [-0.15, -0.1) is 5.48 Å². The number of carbonyl (C=O) groups excluding carboxylic acids is 2. The van der Waals surface area contributed by atoms with E-state index >= 15 is 0 Å². The molecule has 1 fully saturated rings. The highest BCUT2D eigenvalue weighted by Crippen LogP contribution is 2.20. The maximum Gasteiger partial charge on any atom is 0.441 e. The Morgan fingerprint density at radius 1 is 1.33 bits per heavy atom. The number of amides is 1. The quantitative estimate of drug-likeness (QED) is 0.727. The summed E-state index contributed by atoms with van der Waals surface area (Å²) in [5, 5.41) is 0. The molecule has 1 N–H and O–H groups in total. The normalized spacial score (nSPS) is 24.2. The molecule has 0 aromatic heterocycles. The molecule has 0 aromatic rings. The molecule has 2 unspecified atom stereocenters. The molecule has 0 saturated carbocycles. The summed E-state index contributed by atoms with van der Waals surface area (Å²) in [5.74, 6) is -0.681. The summed E-state index contributed by atoms with van der Waals surface area (Å²) < 4.78 is 10.3. The standard InChI is InChI=1S/C12H21NO5/c1-8-7-9(5-6-16-8)10(14)18-13-11(15)17-12(2,3)4/h8-9H,5-7H2,1-4H3,(H,13,15). The van der Waals surface area contributed by atoms with Crippen LogP contribution in [-0.2, 0) is 19.1 Å². The molecule has 1 amide bonds. The van der Waals surface area contributed by atoms with Crippen LogP contribution in [0.4, 0.5) is 4.79 Å². The summed E-state index contributed by atoms with van der Waals surface area (Å²) in [5.41, 5.74) is 1.38. The van der Waals surface area contributed by atoms with Gasteiger partial charge in [0, 0.05) is 6.61 Å². The minimum atomic E-state index is -0.768. The van der Waals surface area contributed by atoms with E-state index < -0.39 is 17.7 Å². The monoisotopic (exact) mass is 259 g/mol. The van der Waals surface area contributed by atoms with Gasteiger partial charge in [-0.05, 0) is 40.5 Å². The van der Waals surface area contributed by atoms with Crippen LogP contribution < -0.4 is 5.48 Å². The molecule has 0 spiro atoms. The summed E-state index contributed by atoms with van der Waals surface area (Å²) in [6.07, 6.45) is 0.488. The third-order valence-corrected chi connectivity index (χ3v) is 2.45. The molecule has 0 aromatic carbocycles. The van der Waals surface area contributed by atoms with Crippen LogP contribution >= 0.6 is 0 Å². The summed E-state index contributed by atoms with van der Waals surface area (Å²) in [4.78, 5) is 27.7. The van der Waals surface area contributed by atoms with Crippen molar-refractivity contribution in [2.24, 2.45) is 5.92 Å². The van der Waals surface area contributed by atoms with Gasteiger partial charge in [0.1, 0.15) is 5.60 Å². The predicted octanol–water partition coefficient (Wildman–Crippen LogP) is 1.78. The van der Waals surface area contributed by atoms with Crippen molar-refractivity contribution >= 4 is 12.1 Å². The zero-order valence-corrected chi connectivity index (χ0v) is 11.3.